The minimum Gasteiger partial charge on any atom is -0.486 e. The second-order valence-electron chi connectivity index (χ2n) is 7.51. The Morgan fingerprint density at radius 1 is 1.14 bits per heavy atom. The zero-order chi connectivity index (χ0) is 25.1. The van der Waals surface area contributed by atoms with Crippen molar-refractivity contribution in [1.82, 2.24) is 9.66 Å². The van der Waals surface area contributed by atoms with E-state index in [-0.39, 0.29) is 33.5 Å². The van der Waals surface area contributed by atoms with Gasteiger partial charge in [0.1, 0.15) is 12.4 Å². The highest BCUT2D eigenvalue weighted by Crippen LogP contribution is 2.34. The molecule has 7 nitrogen and oxygen atoms in total. The van der Waals surface area contributed by atoms with Gasteiger partial charge < -0.3 is 9.84 Å². The topological polar surface area (TPSA) is 93.8 Å². The van der Waals surface area contributed by atoms with Crippen molar-refractivity contribution >= 4 is 62.2 Å². The molecule has 0 radical (unpaired) electrons. The van der Waals surface area contributed by atoms with Gasteiger partial charge in [0.05, 0.1) is 32.7 Å². The summed E-state index contributed by atoms with van der Waals surface area (Å²) >= 11 is 16.2. The van der Waals surface area contributed by atoms with Gasteiger partial charge in [0.25, 0.3) is 5.56 Å². The molecule has 0 saturated carbocycles. The lowest BCUT2D eigenvalue weighted by Crippen LogP contribution is -2.22. The van der Waals surface area contributed by atoms with E-state index in [1.54, 1.807) is 36.4 Å². The second-order valence-corrected chi connectivity index (χ2v) is 9.24. The van der Waals surface area contributed by atoms with Crippen LogP contribution in [0.3, 0.4) is 0 Å². The minimum absolute atomic E-state index is 0.153. The van der Waals surface area contributed by atoms with Crippen LogP contribution in [-0.4, -0.2) is 27.0 Å². The smallest absolute Gasteiger partial charge is 0.335 e. The number of aryl methyl sites for hydroxylation is 1. The third-order valence-corrected chi connectivity index (χ3v) is 6.17. The first-order valence-corrected chi connectivity index (χ1v) is 12.0. The number of nitrogens with zero attached hydrogens (tertiary/aromatic N) is 3. The Morgan fingerprint density at radius 2 is 1.83 bits per heavy atom. The molecule has 10 heteroatoms. The Morgan fingerprint density at radius 3 is 2.46 bits per heavy atom. The lowest BCUT2D eigenvalue weighted by molar-refractivity contribution is 0.0697. The number of hydrogen-bond donors (Lipinski definition) is 1. The molecule has 0 amide bonds. The van der Waals surface area contributed by atoms with Gasteiger partial charge in [0.15, 0.2) is 5.75 Å². The average Bonchev–Trinajstić information content (AvgIpc) is 2.83. The largest absolute Gasteiger partial charge is 0.486 e. The van der Waals surface area contributed by atoms with Gasteiger partial charge in [-0.05, 0) is 53.6 Å². The highest BCUT2D eigenvalue weighted by atomic mass is 79.9. The van der Waals surface area contributed by atoms with E-state index in [0.717, 1.165) is 10.0 Å². The second kappa shape index (κ2) is 10.6. The van der Waals surface area contributed by atoms with Gasteiger partial charge in [-0.25, -0.2) is 9.78 Å². The quantitative estimate of drug-likeness (QED) is 0.266. The molecule has 4 rings (SSSR count). The lowest BCUT2D eigenvalue weighted by atomic mass is 10.1. The van der Waals surface area contributed by atoms with Crippen LogP contribution in [0.5, 0.6) is 5.75 Å². The number of rotatable bonds is 7. The summed E-state index contributed by atoms with van der Waals surface area (Å²) in [5.41, 5.74) is 1.84. The molecule has 1 N–H and O–H groups in total. The number of fused-ring (bicyclic) bond motifs is 1. The maximum Gasteiger partial charge on any atom is 0.335 e. The van der Waals surface area contributed by atoms with Crippen LogP contribution in [0.1, 0.15) is 34.2 Å². The maximum atomic E-state index is 13.0. The van der Waals surface area contributed by atoms with Gasteiger partial charge in [-0.15, -0.1) is 0 Å². The summed E-state index contributed by atoms with van der Waals surface area (Å²) in [5, 5.41) is 14.3. The molecule has 0 aliphatic carbocycles. The van der Waals surface area contributed by atoms with Crippen molar-refractivity contribution in [3.05, 3.63) is 102 Å². The van der Waals surface area contributed by atoms with Gasteiger partial charge in [-0.1, -0.05) is 58.2 Å². The number of aromatic nitrogens is 2. The summed E-state index contributed by atoms with van der Waals surface area (Å²) in [6, 6.07) is 14.9. The number of carboxylic acids is 1. The van der Waals surface area contributed by atoms with E-state index in [9.17, 15) is 9.59 Å². The zero-order valence-corrected chi connectivity index (χ0v) is 21.4. The monoisotopic (exact) mass is 573 g/mol. The van der Waals surface area contributed by atoms with Gasteiger partial charge in [0, 0.05) is 10.9 Å². The van der Waals surface area contributed by atoms with Crippen LogP contribution in [0.15, 0.2) is 69.0 Å². The summed E-state index contributed by atoms with van der Waals surface area (Å²) in [4.78, 5) is 28.6. The van der Waals surface area contributed by atoms with Crippen LogP contribution in [0.25, 0.3) is 10.9 Å². The SMILES string of the molecule is CCc1nc2ccc(Br)cc2c(=O)n1N=Cc1cc(Cl)c(OCc2ccc(C(=O)O)cc2)c(Cl)c1. The number of ether oxygens (including phenoxy) is 1. The van der Waals surface area contributed by atoms with Crippen molar-refractivity contribution in [1.29, 1.82) is 0 Å². The maximum absolute atomic E-state index is 13.0. The number of halogens is 3. The van der Waals surface area contributed by atoms with E-state index in [0.29, 0.717) is 28.7 Å². The fraction of sp³-hybridized carbons (Fsp3) is 0.120. The molecule has 3 aromatic carbocycles. The Hall–Kier alpha value is -3.20. The molecule has 1 aromatic heterocycles. The standard InChI is InChI=1S/C25H18BrCl2N3O4/c1-2-22-30-21-8-7-17(26)11-18(21)24(32)31(22)29-12-15-9-19(27)23(20(28)10-15)35-13-14-3-5-16(6-4-14)25(33)34/h3-12H,2,13H2,1H3,(H,33,34). The number of benzene rings is 3. The summed E-state index contributed by atoms with van der Waals surface area (Å²) in [6.45, 7) is 2.05. The molecular weight excluding hydrogens is 557 g/mol. The predicted octanol–water partition coefficient (Wildman–Crippen LogP) is 6.19. The molecule has 0 saturated heterocycles. The van der Waals surface area contributed by atoms with Crippen LogP contribution < -0.4 is 10.3 Å². The van der Waals surface area contributed by atoms with Crippen LogP contribution in [-0.2, 0) is 13.0 Å². The molecule has 4 aromatic rings. The molecule has 0 aliphatic heterocycles. The molecule has 0 spiro atoms. The first-order valence-electron chi connectivity index (χ1n) is 10.5. The number of carboxylic acid groups (broad SMARTS) is 1. The summed E-state index contributed by atoms with van der Waals surface area (Å²) in [7, 11) is 0. The molecule has 0 atom stereocenters. The Bertz CT molecular complexity index is 1500. The highest BCUT2D eigenvalue weighted by Gasteiger charge is 2.12. The minimum atomic E-state index is -0.999. The molecule has 0 aliphatic rings. The van der Waals surface area contributed by atoms with Gasteiger partial charge in [-0.2, -0.15) is 9.78 Å². The summed E-state index contributed by atoms with van der Waals surface area (Å²) in [6.07, 6.45) is 2.00. The number of hydrogen-bond acceptors (Lipinski definition) is 5. The first kappa shape index (κ1) is 24.9. The van der Waals surface area contributed by atoms with E-state index < -0.39 is 5.97 Å². The Kier molecular flexibility index (Phi) is 7.54. The van der Waals surface area contributed by atoms with Crippen molar-refractivity contribution in [2.45, 2.75) is 20.0 Å². The molecular formula is C25H18BrCl2N3O4. The Labute approximate surface area is 218 Å². The van der Waals surface area contributed by atoms with Crippen LogP contribution in [0.2, 0.25) is 10.0 Å². The summed E-state index contributed by atoms with van der Waals surface area (Å²) in [5.74, 6) is -0.190. The van der Waals surface area contributed by atoms with E-state index >= 15 is 0 Å². The zero-order valence-electron chi connectivity index (χ0n) is 18.3. The first-order chi connectivity index (χ1) is 16.8. The molecule has 178 valence electrons. The molecule has 1 heterocycles. The lowest BCUT2D eigenvalue weighted by Gasteiger charge is -2.11. The van der Waals surface area contributed by atoms with Gasteiger partial charge in [-0.3, -0.25) is 4.79 Å². The molecule has 0 unspecified atom stereocenters. The molecule has 0 fully saturated rings. The summed E-state index contributed by atoms with van der Waals surface area (Å²) < 4.78 is 7.80. The number of aromatic carboxylic acids is 1. The van der Waals surface area contributed by atoms with E-state index in [4.69, 9.17) is 33.0 Å². The predicted molar refractivity (Wildman–Crippen MR) is 140 cm³/mol. The van der Waals surface area contributed by atoms with Crippen molar-refractivity contribution in [2.24, 2.45) is 5.10 Å². The van der Waals surface area contributed by atoms with Gasteiger partial charge >= 0.3 is 5.97 Å². The third-order valence-electron chi connectivity index (χ3n) is 5.12. The average molecular weight is 575 g/mol. The van der Waals surface area contributed by atoms with Crippen LogP contribution >= 0.6 is 39.1 Å². The van der Waals surface area contributed by atoms with Crippen LogP contribution in [0.4, 0.5) is 0 Å². The van der Waals surface area contributed by atoms with Crippen LogP contribution in [0, 0.1) is 0 Å². The molecule has 35 heavy (non-hydrogen) atoms. The Balaban J connectivity index is 1.58. The van der Waals surface area contributed by atoms with E-state index in [1.165, 1.54) is 23.0 Å². The fourth-order valence-electron chi connectivity index (χ4n) is 3.36. The molecule has 0 bridgehead atoms. The van der Waals surface area contributed by atoms with Crippen molar-refractivity contribution in [3.8, 4) is 5.75 Å². The van der Waals surface area contributed by atoms with E-state index in [2.05, 4.69) is 26.0 Å². The highest BCUT2D eigenvalue weighted by molar-refractivity contribution is 9.10. The third kappa shape index (κ3) is 5.56. The van der Waals surface area contributed by atoms with Crippen molar-refractivity contribution in [3.63, 3.8) is 0 Å². The normalized spacial score (nSPS) is 11.3. The number of carbonyl (C=O) groups is 1. The van der Waals surface area contributed by atoms with E-state index in [1.807, 2.05) is 13.0 Å². The van der Waals surface area contributed by atoms with Gasteiger partial charge in [0.2, 0.25) is 0 Å². The fourth-order valence-corrected chi connectivity index (χ4v) is 4.33. The van der Waals surface area contributed by atoms with Crippen molar-refractivity contribution < 1.29 is 14.6 Å². The van der Waals surface area contributed by atoms with Crippen molar-refractivity contribution in [2.75, 3.05) is 0 Å².